The first-order chi connectivity index (χ1) is 12.3. The predicted molar refractivity (Wildman–Crippen MR) is 97.0 cm³/mol. The maximum absolute atomic E-state index is 8.94. The molecule has 120 valence electrons. The number of nitrogens with one attached hydrogen (secondary N) is 1. The quantitative estimate of drug-likeness (QED) is 0.592. The van der Waals surface area contributed by atoms with E-state index in [1.165, 1.54) is 0 Å². The Labute approximate surface area is 145 Å². The Morgan fingerprint density at radius 1 is 0.960 bits per heavy atom. The van der Waals surface area contributed by atoms with Crippen LogP contribution in [0, 0.1) is 11.3 Å². The Morgan fingerprint density at radius 2 is 1.80 bits per heavy atom. The zero-order valence-electron chi connectivity index (χ0n) is 13.4. The third kappa shape index (κ3) is 3.22. The summed E-state index contributed by atoms with van der Waals surface area (Å²) in [5, 5.41) is 8.94. The minimum absolute atomic E-state index is 0.430. The van der Waals surface area contributed by atoms with Gasteiger partial charge in [0.15, 0.2) is 0 Å². The summed E-state index contributed by atoms with van der Waals surface area (Å²) in [6, 6.07) is 25.4. The number of H-pyrrole nitrogens is 1. The molecule has 4 rings (SSSR count). The summed E-state index contributed by atoms with van der Waals surface area (Å²) in [6.45, 7) is 0.430. The van der Waals surface area contributed by atoms with Crippen molar-refractivity contribution in [2.45, 2.75) is 6.61 Å². The number of nitrogens with zero attached hydrogens (tertiary/aromatic N) is 2. The molecule has 4 heteroatoms. The topological polar surface area (TPSA) is 61.7 Å². The van der Waals surface area contributed by atoms with Gasteiger partial charge in [-0.3, -0.25) is 0 Å². The molecular weight excluding hydrogens is 310 g/mol. The van der Waals surface area contributed by atoms with Crippen molar-refractivity contribution in [1.82, 2.24) is 9.97 Å². The van der Waals surface area contributed by atoms with E-state index in [4.69, 9.17) is 10.00 Å². The number of ether oxygens (including phenoxy) is 1. The van der Waals surface area contributed by atoms with Gasteiger partial charge in [-0.05, 0) is 54.1 Å². The Balaban J connectivity index is 1.49. The van der Waals surface area contributed by atoms with Gasteiger partial charge in [0.1, 0.15) is 18.2 Å². The fraction of sp³-hybridized carbons (Fsp3) is 0.0476. The van der Waals surface area contributed by atoms with Crippen molar-refractivity contribution in [2.24, 2.45) is 0 Å². The van der Waals surface area contributed by atoms with Gasteiger partial charge in [-0.25, -0.2) is 4.98 Å². The Hall–Kier alpha value is -3.58. The normalized spacial score (nSPS) is 10.5. The summed E-state index contributed by atoms with van der Waals surface area (Å²) in [5.41, 5.74) is 4.60. The standard InChI is InChI=1S/C21H15N3O/c22-13-15-4-3-5-16(12-15)14-25-18-10-8-17(9-11-18)21-23-19-6-1-2-7-20(19)24-21/h1-12H,14H2,(H,23,24). The monoisotopic (exact) mass is 325 g/mol. The van der Waals surface area contributed by atoms with Crippen molar-refractivity contribution in [3.05, 3.63) is 83.9 Å². The molecule has 0 aliphatic heterocycles. The van der Waals surface area contributed by atoms with Crippen LogP contribution in [0.25, 0.3) is 22.4 Å². The van der Waals surface area contributed by atoms with Crippen molar-refractivity contribution < 1.29 is 4.74 Å². The molecule has 4 aromatic rings. The zero-order chi connectivity index (χ0) is 17.1. The smallest absolute Gasteiger partial charge is 0.138 e. The Bertz CT molecular complexity index is 1030. The maximum Gasteiger partial charge on any atom is 0.138 e. The van der Waals surface area contributed by atoms with Crippen LogP contribution < -0.4 is 4.74 Å². The van der Waals surface area contributed by atoms with Gasteiger partial charge in [0.25, 0.3) is 0 Å². The largest absolute Gasteiger partial charge is 0.489 e. The second-order valence-corrected chi connectivity index (χ2v) is 5.73. The number of para-hydroxylation sites is 2. The molecule has 0 bridgehead atoms. The van der Waals surface area contributed by atoms with Crippen molar-refractivity contribution >= 4 is 11.0 Å². The predicted octanol–water partition coefficient (Wildman–Crippen LogP) is 4.68. The highest BCUT2D eigenvalue weighted by Crippen LogP contribution is 2.23. The van der Waals surface area contributed by atoms with Gasteiger partial charge in [-0.15, -0.1) is 0 Å². The maximum atomic E-state index is 8.94. The van der Waals surface area contributed by atoms with Crippen LogP contribution in [-0.2, 0) is 6.61 Å². The molecule has 4 nitrogen and oxygen atoms in total. The number of aromatic nitrogens is 2. The van der Waals surface area contributed by atoms with Gasteiger partial charge < -0.3 is 9.72 Å². The fourth-order valence-electron chi connectivity index (χ4n) is 2.70. The van der Waals surface area contributed by atoms with Gasteiger partial charge in [0.05, 0.1) is 22.7 Å². The minimum atomic E-state index is 0.430. The summed E-state index contributed by atoms with van der Waals surface area (Å²) >= 11 is 0. The van der Waals surface area contributed by atoms with E-state index in [0.29, 0.717) is 12.2 Å². The van der Waals surface area contributed by atoms with Crippen LogP contribution >= 0.6 is 0 Å². The lowest BCUT2D eigenvalue weighted by molar-refractivity contribution is 0.306. The molecule has 0 saturated carbocycles. The van der Waals surface area contributed by atoms with Crippen molar-refractivity contribution in [2.75, 3.05) is 0 Å². The van der Waals surface area contributed by atoms with Crippen LogP contribution in [0.2, 0.25) is 0 Å². The molecule has 0 amide bonds. The van der Waals surface area contributed by atoms with Crippen molar-refractivity contribution in [1.29, 1.82) is 5.26 Å². The number of hydrogen-bond donors (Lipinski definition) is 1. The molecule has 0 aliphatic rings. The molecular formula is C21H15N3O. The SMILES string of the molecule is N#Cc1cccc(COc2ccc(-c3nc4ccccc4[nH]3)cc2)c1. The number of benzene rings is 3. The summed E-state index contributed by atoms with van der Waals surface area (Å²) in [5.74, 6) is 1.62. The highest BCUT2D eigenvalue weighted by Gasteiger charge is 2.05. The first-order valence-corrected chi connectivity index (χ1v) is 7.99. The van der Waals surface area contributed by atoms with E-state index in [2.05, 4.69) is 16.0 Å². The number of hydrogen-bond acceptors (Lipinski definition) is 3. The molecule has 1 aromatic heterocycles. The highest BCUT2D eigenvalue weighted by atomic mass is 16.5. The zero-order valence-corrected chi connectivity index (χ0v) is 13.4. The van der Waals surface area contributed by atoms with E-state index < -0.39 is 0 Å². The van der Waals surface area contributed by atoms with E-state index in [1.54, 1.807) is 6.07 Å². The number of imidazole rings is 1. The fourth-order valence-corrected chi connectivity index (χ4v) is 2.70. The minimum Gasteiger partial charge on any atom is -0.489 e. The molecule has 25 heavy (non-hydrogen) atoms. The van der Waals surface area contributed by atoms with Crippen LogP contribution in [0.15, 0.2) is 72.8 Å². The number of nitriles is 1. The molecule has 0 fully saturated rings. The van der Waals surface area contributed by atoms with Gasteiger partial charge in [-0.1, -0.05) is 24.3 Å². The summed E-state index contributed by atoms with van der Waals surface area (Å²) in [6.07, 6.45) is 0. The average Bonchev–Trinajstić information content (AvgIpc) is 3.11. The Morgan fingerprint density at radius 3 is 2.60 bits per heavy atom. The third-order valence-corrected chi connectivity index (χ3v) is 3.98. The van der Waals surface area contributed by atoms with Crippen LogP contribution in [0.3, 0.4) is 0 Å². The number of aromatic amines is 1. The summed E-state index contributed by atoms with van der Waals surface area (Å²) < 4.78 is 5.80. The Kier molecular flexibility index (Phi) is 3.89. The van der Waals surface area contributed by atoms with Crippen molar-refractivity contribution in [3.63, 3.8) is 0 Å². The number of rotatable bonds is 4. The molecule has 0 aliphatic carbocycles. The van der Waals surface area contributed by atoms with E-state index >= 15 is 0 Å². The third-order valence-electron chi connectivity index (χ3n) is 3.98. The number of fused-ring (bicyclic) bond motifs is 1. The van der Waals surface area contributed by atoms with Crippen LogP contribution in [0.1, 0.15) is 11.1 Å². The van der Waals surface area contributed by atoms with E-state index in [1.807, 2.05) is 66.7 Å². The lowest BCUT2D eigenvalue weighted by Crippen LogP contribution is -1.95. The molecule has 0 radical (unpaired) electrons. The first kappa shape index (κ1) is 15.0. The van der Waals surface area contributed by atoms with Crippen LogP contribution in [-0.4, -0.2) is 9.97 Å². The lowest BCUT2D eigenvalue weighted by atomic mass is 10.1. The van der Waals surface area contributed by atoms with E-state index in [9.17, 15) is 0 Å². The van der Waals surface area contributed by atoms with E-state index in [0.717, 1.165) is 33.7 Å². The first-order valence-electron chi connectivity index (χ1n) is 7.99. The molecule has 0 atom stereocenters. The van der Waals surface area contributed by atoms with Gasteiger partial charge >= 0.3 is 0 Å². The van der Waals surface area contributed by atoms with Gasteiger partial charge in [-0.2, -0.15) is 5.26 Å². The summed E-state index contributed by atoms with van der Waals surface area (Å²) in [7, 11) is 0. The van der Waals surface area contributed by atoms with Gasteiger partial charge in [0.2, 0.25) is 0 Å². The molecule has 0 saturated heterocycles. The molecule has 1 heterocycles. The van der Waals surface area contributed by atoms with Gasteiger partial charge in [0, 0.05) is 5.56 Å². The van der Waals surface area contributed by atoms with Crippen LogP contribution in [0.4, 0.5) is 0 Å². The molecule has 0 unspecified atom stereocenters. The van der Waals surface area contributed by atoms with E-state index in [-0.39, 0.29) is 0 Å². The molecule has 1 N–H and O–H groups in total. The average molecular weight is 325 g/mol. The second-order valence-electron chi connectivity index (χ2n) is 5.73. The van der Waals surface area contributed by atoms with Crippen molar-refractivity contribution in [3.8, 4) is 23.2 Å². The molecule has 3 aromatic carbocycles. The highest BCUT2D eigenvalue weighted by molar-refractivity contribution is 5.79. The molecule has 0 spiro atoms. The lowest BCUT2D eigenvalue weighted by Gasteiger charge is -2.07. The second kappa shape index (κ2) is 6.50. The van der Waals surface area contributed by atoms with Crippen LogP contribution in [0.5, 0.6) is 5.75 Å². The summed E-state index contributed by atoms with van der Waals surface area (Å²) in [4.78, 5) is 7.92.